The van der Waals surface area contributed by atoms with Crippen molar-refractivity contribution in [3.8, 4) is 0 Å². The standard InChI is InChI=1S/C15H28N4/c1-15(2,19-10-8-17(3)9-11-19)13-16-12-14-6-5-7-18(14)4/h5-7,16H,8-13H2,1-4H3. The van der Waals surface area contributed by atoms with E-state index >= 15 is 0 Å². The van der Waals surface area contributed by atoms with Gasteiger partial charge < -0.3 is 14.8 Å². The third-order valence-corrected chi connectivity index (χ3v) is 4.27. The van der Waals surface area contributed by atoms with E-state index in [1.165, 1.54) is 31.9 Å². The second-order valence-electron chi connectivity index (χ2n) is 6.32. The highest BCUT2D eigenvalue weighted by molar-refractivity contribution is 5.06. The van der Waals surface area contributed by atoms with Gasteiger partial charge in [-0.2, -0.15) is 0 Å². The third kappa shape index (κ3) is 3.81. The SMILES string of the molecule is CN1CCN(C(C)(C)CNCc2cccn2C)CC1. The molecule has 0 radical (unpaired) electrons. The lowest BCUT2D eigenvalue weighted by Crippen LogP contribution is -2.57. The summed E-state index contributed by atoms with van der Waals surface area (Å²) in [5.41, 5.74) is 1.57. The summed E-state index contributed by atoms with van der Waals surface area (Å²) in [7, 11) is 4.31. The number of likely N-dealkylation sites (N-methyl/N-ethyl adjacent to an activating group) is 1. The number of hydrogen-bond acceptors (Lipinski definition) is 3. The van der Waals surface area contributed by atoms with Crippen LogP contribution < -0.4 is 5.32 Å². The fourth-order valence-electron chi connectivity index (χ4n) is 2.70. The van der Waals surface area contributed by atoms with Gasteiger partial charge in [0.25, 0.3) is 0 Å². The molecule has 1 fully saturated rings. The first-order valence-corrected chi connectivity index (χ1v) is 7.23. The van der Waals surface area contributed by atoms with Crippen molar-refractivity contribution in [2.45, 2.75) is 25.9 Å². The van der Waals surface area contributed by atoms with Crippen molar-refractivity contribution in [3.63, 3.8) is 0 Å². The molecule has 0 atom stereocenters. The lowest BCUT2D eigenvalue weighted by atomic mass is 10.0. The molecule has 1 aromatic rings. The molecule has 1 N–H and O–H groups in total. The largest absolute Gasteiger partial charge is 0.353 e. The molecule has 4 nitrogen and oxygen atoms in total. The first-order chi connectivity index (χ1) is 8.99. The highest BCUT2D eigenvalue weighted by Gasteiger charge is 2.28. The second kappa shape index (κ2) is 6.07. The van der Waals surface area contributed by atoms with Crippen molar-refractivity contribution >= 4 is 0 Å². The van der Waals surface area contributed by atoms with E-state index in [-0.39, 0.29) is 5.54 Å². The van der Waals surface area contributed by atoms with Crippen LogP contribution in [0.2, 0.25) is 0 Å². The van der Waals surface area contributed by atoms with E-state index in [0.29, 0.717) is 0 Å². The molecule has 1 saturated heterocycles. The lowest BCUT2D eigenvalue weighted by molar-refractivity contribution is 0.0617. The van der Waals surface area contributed by atoms with Crippen LogP contribution in [0.25, 0.3) is 0 Å². The molecule has 0 aromatic carbocycles. The summed E-state index contributed by atoms with van der Waals surface area (Å²) in [6.45, 7) is 11.4. The zero-order valence-corrected chi connectivity index (χ0v) is 12.8. The van der Waals surface area contributed by atoms with E-state index in [1.807, 2.05) is 0 Å². The van der Waals surface area contributed by atoms with Gasteiger partial charge in [0.15, 0.2) is 0 Å². The summed E-state index contributed by atoms with van der Waals surface area (Å²) in [5, 5.41) is 3.60. The van der Waals surface area contributed by atoms with Crippen molar-refractivity contribution in [3.05, 3.63) is 24.0 Å². The summed E-state index contributed by atoms with van der Waals surface area (Å²) in [4.78, 5) is 5.01. The fraction of sp³-hybridized carbons (Fsp3) is 0.733. The molecular weight excluding hydrogens is 236 g/mol. The summed E-state index contributed by atoms with van der Waals surface area (Å²) in [6, 6.07) is 4.28. The van der Waals surface area contributed by atoms with E-state index in [1.54, 1.807) is 0 Å². The van der Waals surface area contributed by atoms with Crippen molar-refractivity contribution in [1.29, 1.82) is 0 Å². The van der Waals surface area contributed by atoms with Gasteiger partial charge in [-0.1, -0.05) is 0 Å². The van der Waals surface area contributed by atoms with E-state index in [2.05, 4.69) is 66.0 Å². The number of nitrogens with zero attached hydrogens (tertiary/aromatic N) is 3. The van der Waals surface area contributed by atoms with E-state index < -0.39 is 0 Å². The van der Waals surface area contributed by atoms with Crippen LogP contribution >= 0.6 is 0 Å². The Bertz CT molecular complexity index is 389. The molecule has 19 heavy (non-hydrogen) atoms. The van der Waals surface area contributed by atoms with Crippen molar-refractivity contribution in [2.75, 3.05) is 39.8 Å². The molecule has 0 unspecified atom stereocenters. The monoisotopic (exact) mass is 264 g/mol. The predicted molar refractivity (Wildman–Crippen MR) is 80.3 cm³/mol. The Kier molecular flexibility index (Phi) is 4.66. The van der Waals surface area contributed by atoms with Gasteiger partial charge in [-0.25, -0.2) is 0 Å². The zero-order valence-electron chi connectivity index (χ0n) is 12.8. The van der Waals surface area contributed by atoms with Gasteiger partial charge >= 0.3 is 0 Å². The van der Waals surface area contributed by atoms with Gasteiger partial charge in [-0.15, -0.1) is 0 Å². The van der Waals surface area contributed by atoms with Crippen LogP contribution in [0.1, 0.15) is 19.5 Å². The summed E-state index contributed by atoms with van der Waals surface area (Å²) in [6.07, 6.45) is 2.10. The maximum atomic E-state index is 3.60. The van der Waals surface area contributed by atoms with Gasteiger partial charge in [-0.3, -0.25) is 4.90 Å². The normalized spacial score (nSPS) is 18.9. The van der Waals surface area contributed by atoms with E-state index in [0.717, 1.165) is 13.1 Å². The molecule has 2 heterocycles. The zero-order chi connectivity index (χ0) is 13.9. The van der Waals surface area contributed by atoms with Crippen LogP contribution in [-0.2, 0) is 13.6 Å². The van der Waals surface area contributed by atoms with Crippen LogP contribution in [0.4, 0.5) is 0 Å². The third-order valence-electron chi connectivity index (χ3n) is 4.27. The molecule has 0 spiro atoms. The minimum atomic E-state index is 0.229. The smallest absolute Gasteiger partial charge is 0.0359 e. The fourth-order valence-corrected chi connectivity index (χ4v) is 2.70. The summed E-state index contributed by atoms with van der Waals surface area (Å²) in [5.74, 6) is 0. The average Bonchev–Trinajstić information content (AvgIpc) is 2.75. The molecule has 0 amide bonds. The second-order valence-corrected chi connectivity index (χ2v) is 6.32. The van der Waals surface area contributed by atoms with Crippen molar-refractivity contribution < 1.29 is 0 Å². The Balaban J connectivity index is 1.79. The maximum absolute atomic E-state index is 3.60. The molecule has 1 aliphatic heterocycles. The molecule has 1 aliphatic rings. The molecule has 2 rings (SSSR count). The summed E-state index contributed by atoms with van der Waals surface area (Å²) < 4.78 is 2.18. The van der Waals surface area contributed by atoms with Gasteiger partial charge in [0.2, 0.25) is 0 Å². The molecule has 108 valence electrons. The van der Waals surface area contributed by atoms with E-state index in [9.17, 15) is 0 Å². The van der Waals surface area contributed by atoms with Crippen LogP contribution in [0, 0.1) is 0 Å². The Morgan fingerprint density at radius 3 is 2.42 bits per heavy atom. The predicted octanol–water partition coefficient (Wildman–Crippen LogP) is 1.14. The Hall–Kier alpha value is -0.840. The van der Waals surface area contributed by atoms with Gasteiger partial charge in [-0.05, 0) is 33.0 Å². The van der Waals surface area contributed by atoms with Gasteiger partial charge in [0.05, 0.1) is 0 Å². The minimum absolute atomic E-state index is 0.229. The Morgan fingerprint density at radius 1 is 1.16 bits per heavy atom. The lowest BCUT2D eigenvalue weighted by Gasteiger charge is -2.43. The van der Waals surface area contributed by atoms with Gasteiger partial charge in [0.1, 0.15) is 0 Å². The van der Waals surface area contributed by atoms with Crippen LogP contribution in [0.15, 0.2) is 18.3 Å². The first kappa shape index (κ1) is 14.6. The summed E-state index contributed by atoms with van der Waals surface area (Å²) >= 11 is 0. The molecule has 0 saturated carbocycles. The average molecular weight is 264 g/mol. The van der Waals surface area contributed by atoms with Crippen molar-refractivity contribution in [2.24, 2.45) is 7.05 Å². The number of aromatic nitrogens is 1. The van der Waals surface area contributed by atoms with Crippen LogP contribution in [-0.4, -0.2) is 59.7 Å². The highest BCUT2D eigenvalue weighted by Crippen LogP contribution is 2.15. The number of piperazine rings is 1. The number of nitrogens with one attached hydrogen (secondary N) is 1. The molecular formula is C15H28N4. The first-order valence-electron chi connectivity index (χ1n) is 7.23. The van der Waals surface area contributed by atoms with Crippen LogP contribution in [0.5, 0.6) is 0 Å². The Morgan fingerprint density at radius 2 is 1.84 bits per heavy atom. The van der Waals surface area contributed by atoms with Gasteiger partial charge in [0, 0.05) is 63.7 Å². The maximum Gasteiger partial charge on any atom is 0.0359 e. The molecule has 0 bridgehead atoms. The topological polar surface area (TPSA) is 23.4 Å². The highest BCUT2D eigenvalue weighted by atomic mass is 15.3. The van der Waals surface area contributed by atoms with Crippen molar-refractivity contribution in [1.82, 2.24) is 19.7 Å². The molecule has 1 aromatic heterocycles. The number of rotatable bonds is 5. The molecule has 0 aliphatic carbocycles. The molecule has 4 heteroatoms. The van der Waals surface area contributed by atoms with E-state index in [4.69, 9.17) is 0 Å². The number of hydrogen-bond donors (Lipinski definition) is 1. The Labute approximate surface area is 117 Å². The minimum Gasteiger partial charge on any atom is -0.353 e. The quantitative estimate of drug-likeness (QED) is 0.863. The van der Waals surface area contributed by atoms with Crippen LogP contribution in [0.3, 0.4) is 0 Å². The number of aryl methyl sites for hydroxylation is 1.